The van der Waals surface area contributed by atoms with Crippen LogP contribution in [0.4, 0.5) is 0 Å². The second kappa shape index (κ2) is 4.77. The number of aryl methyl sites for hydroxylation is 1. The Labute approximate surface area is 87.4 Å². The molecule has 1 aromatic rings. The molecule has 0 saturated carbocycles. The average Bonchev–Trinajstić information content (AvgIpc) is 2.45. The van der Waals surface area contributed by atoms with E-state index in [4.69, 9.17) is 17.4 Å². The Balaban J connectivity index is 2.90. The molecule has 0 aliphatic rings. The van der Waals surface area contributed by atoms with Crippen LogP contribution in [-0.2, 0) is 0 Å². The standard InChI is InChI=1S/C9H13ClN2S/c1-3-4-7(12-11)9-8(10)6(2)5-13-9/h3,5,7,12H,1,4,11H2,2H3. The maximum absolute atomic E-state index is 6.10. The summed E-state index contributed by atoms with van der Waals surface area (Å²) >= 11 is 7.73. The van der Waals surface area contributed by atoms with Crippen molar-refractivity contribution in [1.82, 2.24) is 5.43 Å². The molecule has 13 heavy (non-hydrogen) atoms. The van der Waals surface area contributed by atoms with Crippen molar-refractivity contribution in [3.05, 3.63) is 33.5 Å². The van der Waals surface area contributed by atoms with E-state index in [0.29, 0.717) is 0 Å². The second-order valence-electron chi connectivity index (χ2n) is 2.84. The third-order valence-corrected chi connectivity index (χ3v) is 3.67. The third kappa shape index (κ3) is 2.31. The molecule has 0 radical (unpaired) electrons. The minimum atomic E-state index is 0.0868. The number of hydrogen-bond acceptors (Lipinski definition) is 3. The van der Waals surface area contributed by atoms with Gasteiger partial charge in [-0.15, -0.1) is 17.9 Å². The molecule has 0 aliphatic carbocycles. The highest BCUT2D eigenvalue weighted by Crippen LogP contribution is 2.33. The van der Waals surface area contributed by atoms with E-state index in [-0.39, 0.29) is 6.04 Å². The number of hydrazine groups is 1. The third-order valence-electron chi connectivity index (χ3n) is 1.85. The minimum absolute atomic E-state index is 0.0868. The van der Waals surface area contributed by atoms with Crippen LogP contribution < -0.4 is 11.3 Å². The quantitative estimate of drug-likeness (QED) is 0.462. The van der Waals surface area contributed by atoms with Gasteiger partial charge in [0.15, 0.2) is 0 Å². The SMILES string of the molecule is C=CCC(NN)c1scc(C)c1Cl. The van der Waals surface area contributed by atoms with E-state index >= 15 is 0 Å². The first-order valence-corrected chi connectivity index (χ1v) is 5.27. The van der Waals surface area contributed by atoms with Crippen molar-refractivity contribution in [1.29, 1.82) is 0 Å². The van der Waals surface area contributed by atoms with Crippen LogP contribution in [0, 0.1) is 6.92 Å². The van der Waals surface area contributed by atoms with Gasteiger partial charge in [-0.2, -0.15) is 0 Å². The molecule has 0 fully saturated rings. The lowest BCUT2D eigenvalue weighted by atomic mass is 10.1. The minimum Gasteiger partial charge on any atom is -0.271 e. The Morgan fingerprint density at radius 2 is 2.54 bits per heavy atom. The van der Waals surface area contributed by atoms with Gasteiger partial charge < -0.3 is 0 Å². The fourth-order valence-corrected chi connectivity index (χ4v) is 2.50. The summed E-state index contributed by atoms with van der Waals surface area (Å²) in [4.78, 5) is 1.08. The fraction of sp³-hybridized carbons (Fsp3) is 0.333. The summed E-state index contributed by atoms with van der Waals surface area (Å²) in [5, 5.41) is 2.85. The van der Waals surface area contributed by atoms with Gasteiger partial charge in [0, 0.05) is 4.88 Å². The largest absolute Gasteiger partial charge is 0.271 e. The van der Waals surface area contributed by atoms with Gasteiger partial charge in [0.05, 0.1) is 11.1 Å². The molecule has 0 saturated heterocycles. The van der Waals surface area contributed by atoms with Crippen LogP contribution >= 0.6 is 22.9 Å². The van der Waals surface area contributed by atoms with E-state index in [1.54, 1.807) is 11.3 Å². The summed E-state index contributed by atoms with van der Waals surface area (Å²) < 4.78 is 0. The van der Waals surface area contributed by atoms with Gasteiger partial charge in [-0.3, -0.25) is 11.3 Å². The predicted octanol–water partition coefficient (Wildman–Crippen LogP) is 2.79. The van der Waals surface area contributed by atoms with Crippen LogP contribution in [0.1, 0.15) is 22.9 Å². The lowest BCUT2D eigenvalue weighted by Gasteiger charge is -2.12. The van der Waals surface area contributed by atoms with Gasteiger partial charge >= 0.3 is 0 Å². The predicted molar refractivity (Wildman–Crippen MR) is 58.9 cm³/mol. The molecule has 4 heteroatoms. The molecule has 1 rings (SSSR count). The molecular weight excluding hydrogens is 204 g/mol. The first kappa shape index (κ1) is 10.7. The Morgan fingerprint density at radius 1 is 1.85 bits per heavy atom. The number of nitrogens with two attached hydrogens (primary N) is 1. The molecule has 0 amide bonds. The lowest BCUT2D eigenvalue weighted by Crippen LogP contribution is -2.27. The van der Waals surface area contributed by atoms with E-state index in [0.717, 1.165) is 21.9 Å². The van der Waals surface area contributed by atoms with Gasteiger partial charge in [0.25, 0.3) is 0 Å². The number of thiophene rings is 1. The Hall–Kier alpha value is -0.350. The van der Waals surface area contributed by atoms with Crippen LogP contribution in [-0.4, -0.2) is 0 Å². The summed E-state index contributed by atoms with van der Waals surface area (Å²) in [6.07, 6.45) is 2.62. The fourth-order valence-electron chi connectivity index (χ4n) is 1.10. The first-order chi connectivity index (χ1) is 6.20. The van der Waals surface area contributed by atoms with E-state index in [1.807, 2.05) is 18.4 Å². The zero-order chi connectivity index (χ0) is 9.84. The van der Waals surface area contributed by atoms with Crippen LogP contribution in [0.25, 0.3) is 0 Å². The summed E-state index contributed by atoms with van der Waals surface area (Å²) in [5.41, 5.74) is 3.83. The van der Waals surface area contributed by atoms with Gasteiger partial charge in [0.2, 0.25) is 0 Å². The van der Waals surface area contributed by atoms with Crippen LogP contribution in [0.15, 0.2) is 18.0 Å². The first-order valence-electron chi connectivity index (χ1n) is 4.01. The number of rotatable bonds is 4. The van der Waals surface area contributed by atoms with E-state index < -0.39 is 0 Å². The molecule has 1 atom stereocenters. The summed E-state index contributed by atoms with van der Waals surface area (Å²) in [6.45, 7) is 5.67. The van der Waals surface area contributed by atoms with E-state index in [1.165, 1.54) is 0 Å². The highest BCUT2D eigenvalue weighted by molar-refractivity contribution is 7.10. The monoisotopic (exact) mass is 216 g/mol. The van der Waals surface area contributed by atoms with Crippen molar-refractivity contribution in [3.63, 3.8) is 0 Å². The van der Waals surface area contributed by atoms with Crippen LogP contribution in [0.5, 0.6) is 0 Å². The molecule has 3 N–H and O–H groups in total. The van der Waals surface area contributed by atoms with Crippen molar-refractivity contribution in [2.24, 2.45) is 5.84 Å². The number of nitrogens with one attached hydrogen (secondary N) is 1. The lowest BCUT2D eigenvalue weighted by molar-refractivity contribution is 0.570. The van der Waals surface area contributed by atoms with Crippen molar-refractivity contribution in [2.75, 3.05) is 0 Å². The molecule has 0 bridgehead atoms. The zero-order valence-electron chi connectivity index (χ0n) is 7.51. The van der Waals surface area contributed by atoms with E-state index in [9.17, 15) is 0 Å². The van der Waals surface area contributed by atoms with Crippen LogP contribution in [0.2, 0.25) is 5.02 Å². The highest BCUT2D eigenvalue weighted by Gasteiger charge is 2.14. The molecule has 1 aromatic heterocycles. The molecule has 72 valence electrons. The molecule has 1 unspecified atom stereocenters. The Morgan fingerprint density at radius 3 is 2.92 bits per heavy atom. The van der Waals surface area contributed by atoms with Crippen LogP contribution in [0.3, 0.4) is 0 Å². The van der Waals surface area contributed by atoms with Gasteiger partial charge in [-0.1, -0.05) is 17.7 Å². The highest BCUT2D eigenvalue weighted by atomic mass is 35.5. The molecule has 2 nitrogen and oxygen atoms in total. The van der Waals surface area contributed by atoms with Crippen molar-refractivity contribution < 1.29 is 0 Å². The number of halogens is 1. The maximum atomic E-state index is 6.10. The summed E-state index contributed by atoms with van der Waals surface area (Å²) in [6, 6.07) is 0.0868. The topological polar surface area (TPSA) is 38.0 Å². The Bertz CT molecular complexity index is 296. The molecule has 0 aliphatic heterocycles. The average molecular weight is 217 g/mol. The van der Waals surface area contributed by atoms with Crippen molar-refractivity contribution in [2.45, 2.75) is 19.4 Å². The molecule has 0 aromatic carbocycles. The molecule has 0 spiro atoms. The normalized spacial score (nSPS) is 12.8. The maximum Gasteiger partial charge on any atom is 0.0602 e. The Kier molecular flexibility index (Phi) is 3.93. The van der Waals surface area contributed by atoms with Gasteiger partial charge in [-0.05, 0) is 24.3 Å². The van der Waals surface area contributed by atoms with Gasteiger partial charge in [-0.25, -0.2) is 0 Å². The summed E-state index contributed by atoms with van der Waals surface area (Å²) in [5.74, 6) is 5.42. The van der Waals surface area contributed by atoms with Gasteiger partial charge in [0.1, 0.15) is 0 Å². The molecule has 1 heterocycles. The van der Waals surface area contributed by atoms with E-state index in [2.05, 4.69) is 12.0 Å². The second-order valence-corrected chi connectivity index (χ2v) is 4.13. The van der Waals surface area contributed by atoms with Crippen molar-refractivity contribution in [3.8, 4) is 0 Å². The summed E-state index contributed by atoms with van der Waals surface area (Å²) in [7, 11) is 0. The van der Waals surface area contributed by atoms with Crippen molar-refractivity contribution >= 4 is 22.9 Å². The smallest absolute Gasteiger partial charge is 0.0602 e. The molecular formula is C9H13ClN2S. The zero-order valence-corrected chi connectivity index (χ0v) is 9.08. The number of hydrogen-bond donors (Lipinski definition) is 2.